The Labute approximate surface area is 247 Å². The molecule has 0 spiro atoms. The number of benzene rings is 3. The quantitative estimate of drug-likeness (QED) is 0.251. The minimum Gasteiger partial charge on any atom is -0.508 e. The van der Waals surface area contributed by atoms with Gasteiger partial charge >= 0.3 is 18.2 Å². The van der Waals surface area contributed by atoms with Gasteiger partial charge in [0.25, 0.3) is 0 Å². The standard InChI is InChI=1S/C31H33F3N4O5/c1-2-43-29(41)22-7-11-24(12-8-22)36-30(42)37-27(17-20-5-13-26(39)14-6-20)28(40)35-25-15-16-38(19-25)18-21-3-9-23(10-4-21)31(32,33)34/h3-14,25,27,39H,2,15-19H2,1H3,(H,35,40)(H2,36,37,42)/t25?,27-/m0/s1. The van der Waals surface area contributed by atoms with Crippen LogP contribution < -0.4 is 16.0 Å². The Morgan fingerprint density at radius 1 is 0.977 bits per heavy atom. The van der Waals surface area contributed by atoms with Crippen molar-refractivity contribution < 1.29 is 37.4 Å². The highest BCUT2D eigenvalue weighted by Gasteiger charge is 2.31. The third-order valence-corrected chi connectivity index (χ3v) is 6.96. The number of carbonyl (C=O) groups excluding carboxylic acids is 3. The Morgan fingerprint density at radius 2 is 1.63 bits per heavy atom. The number of hydrogen-bond acceptors (Lipinski definition) is 6. The van der Waals surface area contributed by atoms with Crippen molar-refractivity contribution in [3.63, 3.8) is 0 Å². The number of esters is 1. The third-order valence-electron chi connectivity index (χ3n) is 6.96. The fourth-order valence-corrected chi connectivity index (χ4v) is 4.76. The van der Waals surface area contributed by atoms with Crippen LogP contribution in [0.25, 0.3) is 0 Å². The molecule has 9 nitrogen and oxygen atoms in total. The normalized spacial score (nSPS) is 15.9. The first-order valence-corrected chi connectivity index (χ1v) is 13.8. The van der Waals surface area contributed by atoms with E-state index in [0.717, 1.165) is 17.7 Å². The summed E-state index contributed by atoms with van der Waals surface area (Å²) in [6, 6.07) is 15.7. The molecule has 3 aromatic rings. The SMILES string of the molecule is CCOC(=O)c1ccc(NC(=O)N[C@@H](Cc2ccc(O)cc2)C(=O)NC2CCN(Cc3ccc(C(F)(F)F)cc3)C2)cc1. The molecule has 228 valence electrons. The lowest BCUT2D eigenvalue weighted by Gasteiger charge is -2.22. The number of anilines is 1. The van der Waals surface area contributed by atoms with Crippen molar-refractivity contribution in [3.8, 4) is 5.75 Å². The number of phenolic OH excluding ortho intramolecular Hbond substituents is 1. The van der Waals surface area contributed by atoms with E-state index in [4.69, 9.17) is 4.74 Å². The lowest BCUT2D eigenvalue weighted by Crippen LogP contribution is -2.52. The van der Waals surface area contributed by atoms with E-state index in [1.165, 1.54) is 36.4 Å². The predicted molar refractivity (Wildman–Crippen MR) is 153 cm³/mol. The molecule has 1 aliphatic heterocycles. The average Bonchev–Trinajstić information content (AvgIpc) is 3.40. The molecule has 0 bridgehead atoms. The molecule has 12 heteroatoms. The van der Waals surface area contributed by atoms with Crippen molar-refractivity contribution in [2.45, 2.75) is 44.6 Å². The monoisotopic (exact) mass is 598 g/mol. The summed E-state index contributed by atoms with van der Waals surface area (Å²) in [5.41, 5.74) is 1.49. The van der Waals surface area contributed by atoms with Gasteiger partial charge in [-0.3, -0.25) is 9.69 Å². The van der Waals surface area contributed by atoms with Crippen molar-refractivity contribution >= 4 is 23.6 Å². The van der Waals surface area contributed by atoms with Crippen LogP contribution in [-0.4, -0.2) is 59.7 Å². The molecule has 2 atom stereocenters. The number of aromatic hydroxyl groups is 1. The molecule has 1 heterocycles. The van der Waals surface area contributed by atoms with E-state index in [9.17, 15) is 32.7 Å². The van der Waals surface area contributed by atoms with Crippen LogP contribution >= 0.6 is 0 Å². The number of nitrogens with one attached hydrogen (secondary N) is 3. The zero-order valence-electron chi connectivity index (χ0n) is 23.5. The molecule has 0 aliphatic carbocycles. The van der Waals surface area contributed by atoms with Crippen LogP contribution in [0.2, 0.25) is 0 Å². The van der Waals surface area contributed by atoms with Gasteiger partial charge in [0.1, 0.15) is 11.8 Å². The van der Waals surface area contributed by atoms with Crippen molar-refractivity contribution in [3.05, 3.63) is 95.1 Å². The number of halogens is 3. The maximum absolute atomic E-state index is 13.4. The summed E-state index contributed by atoms with van der Waals surface area (Å²) in [6.07, 6.45) is -3.60. The Morgan fingerprint density at radius 3 is 2.26 bits per heavy atom. The second-order valence-electron chi connectivity index (χ2n) is 10.2. The summed E-state index contributed by atoms with van der Waals surface area (Å²) in [7, 11) is 0. The zero-order chi connectivity index (χ0) is 31.0. The summed E-state index contributed by atoms with van der Waals surface area (Å²) in [4.78, 5) is 40.1. The van der Waals surface area contributed by atoms with Gasteiger partial charge in [-0.15, -0.1) is 0 Å². The van der Waals surface area contributed by atoms with E-state index in [0.29, 0.717) is 42.9 Å². The van der Waals surface area contributed by atoms with Gasteiger partial charge in [0, 0.05) is 37.8 Å². The Kier molecular flexibility index (Phi) is 10.3. The van der Waals surface area contributed by atoms with Crippen molar-refractivity contribution in [2.24, 2.45) is 0 Å². The highest BCUT2D eigenvalue weighted by molar-refractivity contribution is 5.95. The number of ether oxygens (including phenoxy) is 1. The van der Waals surface area contributed by atoms with Crippen LogP contribution in [0.4, 0.5) is 23.7 Å². The van der Waals surface area contributed by atoms with E-state index in [1.54, 1.807) is 31.2 Å². The van der Waals surface area contributed by atoms with E-state index < -0.39 is 35.7 Å². The van der Waals surface area contributed by atoms with Crippen molar-refractivity contribution in [2.75, 3.05) is 25.0 Å². The number of likely N-dealkylation sites (tertiary alicyclic amines) is 1. The van der Waals surface area contributed by atoms with Gasteiger partial charge in [-0.25, -0.2) is 9.59 Å². The highest BCUT2D eigenvalue weighted by atomic mass is 19.4. The lowest BCUT2D eigenvalue weighted by molar-refractivity contribution is -0.137. The second kappa shape index (κ2) is 14.1. The maximum Gasteiger partial charge on any atom is 0.416 e. The summed E-state index contributed by atoms with van der Waals surface area (Å²) in [5.74, 6) is -0.808. The first kappa shape index (κ1) is 31.4. The molecule has 4 N–H and O–H groups in total. The highest BCUT2D eigenvalue weighted by Crippen LogP contribution is 2.29. The summed E-state index contributed by atoms with van der Waals surface area (Å²) >= 11 is 0. The minimum atomic E-state index is -4.39. The molecule has 1 unspecified atom stereocenters. The first-order chi connectivity index (χ1) is 20.5. The molecule has 0 saturated carbocycles. The van der Waals surface area contributed by atoms with Crippen molar-refractivity contribution in [1.29, 1.82) is 0 Å². The van der Waals surface area contributed by atoms with Gasteiger partial charge in [-0.2, -0.15) is 13.2 Å². The molecule has 4 rings (SSSR count). The predicted octanol–water partition coefficient (Wildman–Crippen LogP) is 4.71. The van der Waals surface area contributed by atoms with Crippen LogP contribution in [0.15, 0.2) is 72.8 Å². The molecule has 3 amide bonds. The molecule has 1 fully saturated rings. The Bertz CT molecular complexity index is 1400. The second-order valence-corrected chi connectivity index (χ2v) is 10.2. The number of phenols is 1. The van der Waals surface area contributed by atoms with Gasteiger partial charge < -0.3 is 25.8 Å². The minimum absolute atomic E-state index is 0.0702. The number of nitrogens with zero attached hydrogens (tertiary/aromatic N) is 1. The first-order valence-electron chi connectivity index (χ1n) is 13.8. The molecule has 0 radical (unpaired) electrons. The largest absolute Gasteiger partial charge is 0.508 e. The maximum atomic E-state index is 13.4. The van der Waals surface area contributed by atoms with Crippen LogP contribution in [0.5, 0.6) is 5.75 Å². The van der Waals surface area contributed by atoms with Crippen LogP contribution in [0, 0.1) is 0 Å². The van der Waals surface area contributed by atoms with Gasteiger partial charge in [-0.1, -0.05) is 24.3 Å². The molecular weight excluding hydrogens is 565 g/mol. The fraction of sp³-hybridized carbons (Fsp3) is 0.323. The van der Waals surface area contributed by atoms with Gasteiger partial charge in [-0.05, 0) is 73.0 Å². The van der Waals surface area contributed by atoms with Crippen LogP contribution in [0.3, 0.4) is 0 Å². The number of alkyl halides is 3. The summed E-state index contributed by atoms with van der Waals surface area (Å²) < 4.78 is 43.5. The van der Waals surface area contributed by atoms with Gasteiger partial charge in [0.2, 0.25) is 5.91 Å². The van der Waals surface area contributed by atoms with Crippen molar-refractivity contribution in [1.82, 2.24) is 15.5 Å². The number of urea groups is 1. The smallest absolute Gasteiger partial charge is 0.416 e. The van der Waals surface area contributed by atoms with Gasteiger partial charge in [0.05, 0.1) is 17.7 Å². The van der Waals surface area contributed by atoms with Crippen LogP contribution in [-0.2, 0) is 28.7 Å². The fourth-order valence-electron chi connectivity index (χ4n) is 4.76. The molecule has 43 heavy (non-hydrogen) atoms. The average molecular weight is 599 g/mol. The topological polar surface area (TPSA) is 120 Å². The molecule has 1 aliphatic rings. The number of carbonyl (C=O) groups is 3. The lowest BCUT2D eigenvalue weighted by atomic mass is 10.0. The van der Waals surface area contributed by atoms with Crippen LogP contribution in [0.1, 0.15) is 40.4 Å². The Balaban J connectivity index is 1.36. The summed E-state index contributed by atoms with van der Waals surface area (Å²) in [5, 5.41) is 18.0. The molecule has 3 aromatic carbocycles. The molecular formula is C31H33F3N4O5. The Hall–Kier alpha value is -4.58. The molecule has 0 aromatic heterocycles. The van der Waals surface area contributed by atoms with E-state index in [1.807, 2.05) is 4.90 Å². The molecule has 1 saturated heterocycles. The summed E-state index contributed by atoms with van der Waals surface area (Å²) in [6.45, 7) is 3.53. The number of hydrogen-bond donors (Lipinski definition) is 4. The number of amides is 3. The third kappa shape index (κ3) is 9.20. The van der Waals surface area contributed by atoms with E-state index >= 15 is 0 Å². The van der Waals surface area contributed by atoms with E-state index in [2.05, 4.69) is 16.0 Å². The van der Waals surface area contributed by atoms with E-state index in [-0.39, 0.29) is 24.8 Å². The number of rotatable bonds is 10. The van der Waals surface area contributed by atoms with Gasteiger partial charge in [0.15, 0.2) is 0 Å². The zero-order valence-corrected chi connectivity index (χ0v) is 23.5.